The molecule has 1 aliphatic rings. The molecule has 0 aromatic heterocycles. The maximum atomic E-state index is 4.38. The third-order valence-corrected chi connectivity index (χ3v) is 2.92. The Hall–Kier alpha value is -2.41. The van der Waals surface area contributed by atoms with Gasteiger partial charge in [0.25, 0.3) is 0 Å². The largest absolute Gasteiger partial charge is 0.256 e. The Morgan fingerprint density at radius 3 is 2.50 bits per heavy atom. The molecule has 0 bridgehead atoms. The number of nitrogens with zero attached hydrogens (tertiary/aromatic N) is 1. The van der Waals surface area contributed by atoms with Crippen molar-refractivity contribution in [3.63, 3.8) is 0 Å². The van der Waals surface area contributed by atoms with Crippen LogP contribution in [0.15, 0.2) is 71.7 Å². The summed E-state index contributed by atoms with van der Waals surface area (Å²) in [5, 5.41) is 0. The van der Waals surface area contributed by atoms with Gasteiger partial charge in [-0.05, 0) is 11.6 Å². The molecule has 0 amide bonds. The highest BCUT2D eigenvalue weighted by molar-refractivity contribution is 6.16. The van der Waals surface area contributed by atoms with E-state index >= 15 is 0 Å². The molecular weight excluding hydrogens is 218 g/mol. The molecule has 0 unspecified atom stereocenters. The van der Waals surface area contributed by atoms with Crippen molar-refractivity contribution in [2.45, 2.75) is 0 Å². The number of benzene rings is 2. The van der Waals surface area contributed by atoms with Crippen LogP contribution in [0.2, 0.25) is 0 Å². The maximum Gasteiger partial charge on any atom is 0.0708 e. The van der Waals surface area contributed by atoms with E-state index in [4.69, 9.17) is 0 Å². The SMILES string of the molecule is C1=Nc2ccccc2/C1=C/C=C\c1ccccc1. The first-order valence-corrected chi connectivity index (χ1v) is 6.00. The Balaban J connectivity index is 1.84. The Morgan fingerprint density at radius 2 is 1.61 bits per heavy atom. The van der Waals surface area contributed by atoms with E-state index in [1.807, 2.05) is 42.6 Å². The van der Waals surface area contributed by atoms with Crippen LogP contribution in [0.1, 0.15) is 11.1 Å². The van der Waals surface area contributed by atoms with Gasteiger partial charge in [0.05, 0.1) is 5.69 Å². The van der Waals surface area contributed by atoms with E-state index in [0.29, 0.717) is 0 Å². The molecule has 0 fully saturated rings. The molecule has 0 N–H and O–H groups in total. The van der Waals surface area contributed by atoms with Gasteiger partial charge >= 0.3 is 0 Å². The van der Waals surface area contributed by atoms with Crippen LogP contribution in [0, 0.1) is 0 Å². The average Bonchev–Trinajstić information content (AvgIpc) is 2.84. The molecule has 86 valence electrons. The van der Waals surface area contributed by atoms with Crippen molar-refractivity contribution in [3.8, 4) is 0 Å². The summed E-state index contributed by atoms with van der Waals surface area (Å²) in [6.07, 6.45) is 8.18. The van der Waals surface area contributed by atoms with Crippen LogP contribution >= 0.6 is 0 Å². The number of fused-ring (bicyclic) bond motifs is 1. The molecule has 0 saturated carbocycles. The van der Waals surface area contributed by atoms with Crippen LogP contribution in [-0.4, -0.2) is 6.21 Å². The van der Waals surface area contributed by atoms with Crippen molar-refractivity contribution in [2.75, 3.05) is 0 Å². The van der Waals surface area contributed by atoms with Crippen LogP contribution < -0.4 is 0 Å². The zero-order chi connectivity index (χ0) is 12.2. The first-order chi connectivity index (χ1) is 8.93. The normalized spacial score (nSPS) is 15.4. The molecule has 1 nitrogen and oxygen atoms in total. The molecule has 18 heavy (non-hydrogen) atoms. The quantitative estimate of drug-likeness (QED) is 0.721. The van der Waals surface area contributed by atoms with Gasteiger partial charge in [-0.1, -0.05) is 66.8 Å². The fourth-order valence-electron chi connectivity index (χ4n) is 2.00. The minimum atomic E-state index is 1.05. The van der Waals surface area contributed by atoms with Gasteiger partial charge in [-0.25, -0.2) is 0 Å². The summed E-state index contributed by atoms with van der Waals surface area (Å²) >= 11 is 0. The number of aliphatic imine (C=N–C) groups is 1. The number of allylic oxidation sites excluding steroid dienone is 3. The molecule has 1 heteroatoms. The lowest BCUT2D eigenvalue weighted by atomic mass is 10.1. The van der Waals surface area contributed by atoms with E-state index in [1.165, 1.54) is 11.1 Å². The highest BCUT2D eigenvalue weighted by Gasteiger charge is 2.08. The zero-order valence-electron chi connectivity index (χ0n) is 9.95. The van der Waals surface area contributed by atoms with Gasteiger partial charge in [0.2, 0.25) is 0 Å². The van der Waals surface area contributed by atoms with Gasteiger partial charge < -0.3 is 0 Å². The van der Waals surface area contributed by atoms with Crippen molar-refractivity contribution in [1.82, 2.24) is 0 Å². The summed E-state index contributed by atoms with van der Waals surface area (Å²) in [6, 6.07) is 18.5. The second-order valence-corrected chi connectivity index (χ2v) is 4.17. The molecule has 0 aliphatic carbocycles. The second kappa shape index (κ2) is 4.84. The minimum Gasteiger partial charge on any atom is -0.256 e. The van der Waals surface area contributed by atoms with Crippen molar-refractivity contribution in [2.24, 2.45) is 4.99 Å². The molecule has 0 radical (unpaired) electrons. The summed E-state index contributed by atoms with van der Waals surface area (Å²) in [6.45, 7) is 0. The highest BCUT2D eigenvalue weighted by Crippen LogP contribution is 2.30. The Kier molecular flexibility index (Phi) is 2.89. The van der Waals surface area contributed by atoms with Gasteiger partial charge in [0.15, 0.2) is 0 Å². The Bertz CT molecular complexity index is 634. The van der Waals surface area contributed by atoms with Crippen molar-refractivity contribution in [1.29, 1.82) is 0 Å². The molecule has 0 spiro atoms. The molecule has 2 aromatic carbocycles. The first-order valence-electron chi connectivity index (χ1n) is 6.00. The molecular formula is C17H13N. The van der Waals surface area contributed by atoms with Crippen LogP contribution in [0.4, 0.5) is 5.69 Å². The standard InChI is InChI=1S/C17H13N/c1-2-7-14(8-3-1)9-6-10-15-13-18-17-12-5-4-11-16(15)17/h1-13H/b9-6-,15-10+. The zero-order valence-corrected chi connectivity index (χ0v) is 9.95. The number of rotatable bonds is 2. The molecule has 0 atom stereocenters. The van der Waals surface area contributed by atoms with Gasteiger partial charge in [-0.3, -0.25) is 4.99 Å². The molecule has 1 heterocycles. The third kappa shape index (κ3) is 2.16. The van der Waals surface area contributed by atoms with E-state index in [0.717, 1.165) is 11.3 Å². The summed E-state index contributed by atoms with van der Waals surface area (Å²) in [7, 11) is 0. The first kappa shape index (κ1) is 10.7. The monoisotopic (exact) mass is 231 g/mol. The predicted octanol–water partition coefficient (Wildman–Crippen LogP) is 4.50. The van der Waals surface area contributed by atoms with Gasteiger partial charge in [-0.2, -0.15) is 0 Å². The topological polar surface area (TPSA) is 12.4 Å². The van der Waals surface area contributed by atoms with Gasteiger partial charge in [0.1, 0.15) is 0 Å². The second-order valence-electron chi connectivity index (χ2n) is 4.17. The molecule has 2 aromatic rings. The van der Waals surface area contributed by atoms with Crippen LogP contribution in [0.5, 0.6) is 0 Å². The van der Waals surface area contributed by atoms with E-state index in [2.05, 4.69) is 41.4 Å². The lowest BCUT2D eigenvalue weighted by Crippen LogP contribution is -1.77. The molecule has 0 saturated heterocycles. The average molecular weight is 231 g/mol. The predicted molar refractivity (Wildman–Crippen MR) is 78.0 cm³/mol. The molecule has 3 rings (SSSR count). The van der Waals surface area contributed by atoms with E-state index < -0.39 is 0 Å². The van der Waals surface area contributed by atoms with Gasteiger partial charge in [0, 0.05) is 17.4 Å². The van der Waals surface area contributed by atoms with Crippen LogP contribution in [0.3, 0.4) is 0 Å². The van der Waals surface area contributed by atoms with Crippen molar-refractivity contribution < 1.29 is 0 Å². The fourth-order valence-corrected chi connectivity index (χ4v) is 2.00. The van der Waals surface area contributed by atoms with Crippen molar-refractivity contribution in [3.05, 3.63) is 77.9 Å². The van der Waals surface area contributed by atoms with E-state index in [-0.39, 0.29) is 0 Å². The Morgan fingerprint density at radius 1 is 0.833 bits per heavy atom. The van der Waals surface area contributed by atoms with Gasteiger partial charge in [-0.15, -0.1) is 0 Å². The van der Waals surface area contributed by atoms with E-state index in [1.54, 1.807) is 0 Å². The number of para-hydroxylation sites is 1. The lowest BCUT2D eigenvalue weighted by molar-refractivity contribution is 1.55. The molecule has 1 aliphatic heterocycles. The third-order valence-electron chi connectivity index (χ3n) is 2.92. The Labute approximate surface area is 107 Å². The smallest absolute Gasteiger partial charge is 0.0708 e. The van der Waals surface area contributed by atoms with E-state index in [9.17, 15) is 0 Å². The highest BCUT2D eigenvalue weighted by atomic mass is 14.7. The van der Waals surface area contributed by atoms with Crippen LogP contribution in [-0.2, 0) is 0 Å². The minimum absolute atomic E-state index is 1.05. The fraction of sp³-hybridized carbons (Fsp3) is 0. The maximum absolute atomic E-state index is 4.38. The summed E-state index contributed by atoms with van der Waals surface area (Å²) < 4.78 is 0. The summed E-state index contributed by atoms with van der Waals surface area (Å²) in [4.78, 5) is 4.38. The van der Waals surface area contributed by atoms with Crippen molar-refractivity contribution >= 4 is 23.6 Å². The van der Waals surface area contributed by atoms with Crippen LogP contribution in [0.25, 0.3) is 11.6 Å². The number of hydrogen-bond acceptors (Lipinski definition) is 1. The number of hydrogen-bond donors (Lipinski definition) is 0. The summed E-state index contributed by atoms with van der Waals surface area (Å²) in [5.74, 6) is 0. The summed E-state index contributed by atoms with van der Waals surface area (Å²) in [5.41, 5.74) is 4.63. The lowest BCUT2D eigenvalue weighted by Gasteiger charge is -1.96.